The number of anilines is 1. The molecule has 0 saturated carbocycles. The molecule has 34 heavy (non-hydrogen) atoms. The summed E-state index contributed by atoms with van der Waals surface area (Å²) in [5.74, 6) is 0.154. The lowest BCUT2D eigenvalue weighted by Crippen LogP contribution is -2.25. The van der Waals surface area contributed by atoms with Crippen LogP contribution in [0.1, 0.15) is 32.0 Å². The van der Waals surface area contributed by atoms with E-state index in [2.05, 4.69) is 10.6 Å². The van der Waals surface area contributed by atoms with Gasteiger partial charge in [-0.25, -0.2) is 0 Å². The molecule has 1 aliphatic rings. The maximum absolute atomic E-state index is 12.9. The molecule has 5 rings (SSSR count). The van der Waals surface area contributed by atoms with Gasteiger partial charge < -0.3 is 24.5 Å². The van der Waals surface area contributed by atoms with Crippen LogP contribution in [0.3, 0.4) is 0 Å². The topological polar surface area (TPSA) is 107 Å². The highest BCUT2D eigenvalue weighted by Crippen LogP contribution is 2.32. The van der Waals surface area contributed by atoms with Crippen LogP contribution in [0.15, 0.2) is 75.9 Å². The number of carbonyl (C=O) groups is 2. The highest BCUT2D eigenvalue weighted by molar-refractivity contribution is 6.08. The van der Waals surface area contributed by atoms with E-state index >= 15 is 0 Å². The van der Waals surface area contributed by atoms with Crippen molar-refractivity contribution in [2.24, 2.45) is 0 Å². The molecule has 0 aliphatic carbocycles. The van der Waals surface area contributed by atoms with Crippen molar-refractivity contribution < 1.29 is 23.5 Å². The molecule has 0 radical (unpaired) electrons. The first-order valence-corrected chi connectivity index (χ1v) is 10.6. The molecule has 0 atom stereocenters. The van der Waals surface area contributed by atoms with Crippen molar-refractivity contribution in [1.82, 2.24) is 5.32 Å². The van der Waals surface area contributed by atoms with E-state index < -0.39 is 5.91 Å². The third-order valence-corrected chi connectivity index (χ3v) is 5.42. The Morgan fingerprint density at radius 2 is 1.74 bits per heavy atom. The number of carbonyl (C=O) groups excluding carboxylic acids is 2. The number of hydrogen-bond donors (Lipinski definition) is 2. The van der Waals surface area contributed by atoms with Crippen LogP contribution < -0.4 is 25.5 Å². The summed E-state index contributed by atoms with van der Waals surface area (Å²) in [4.78, 5) is 38.2. The Kier molecular flexibility index (Phi) is 5.47. The van der Waals surface area contributed by atoms with Gasteiger partial charge in [0.25, 0.3) is 11.8 Å². The van der Waals surface area contributed by atoms with Crippen LogP contribution in [0.25, 0.3) is 11.0 Å². The second-order valence-electron chi connectivity index (χ2n) is 7.84. The zero-order chi connectivity index (χ0) is 23.7. The highest BCUT2D eigenvalue weighted by Gasteiger charge is 2.18. The third-order valence-electron chi connectivity index (χ3n) is 5.42. The van der Waals surface area contributed by atoms with Gasteiger partial charge in [0.05, 0.1) is 16.6 Å². The molecule has 0 spiro atoms. The van der Waals surface area contributed by atoms with Crippen LogP contribution in [-0.2, 0) is 6.54 Å². The van der Waals surface area contributed by atoms with Gasteiger partial charge in [-0.3, -0.25) is 14.4 Å². The Labute approximate surface area is 194 Å². The number of para-hydroxylation sites is 1. The van der Waals surface area contributed by atoms with Crippen LogP contribution >= 0.6 is 0 Å². The van der Waals surface area contributed by atoms with Crippen molar-refractivity contribution in [2.75, 3.05) is 12.1 Å². The molecule has 8 heteroatoms. The van der Waals surface area contributed by atoms with E-state index in [-0.39, 0.29) is 36.0 Å². The zero-order valence-electron chi connectivity index (χ0n) is 18.2. The molecule has 2 N–H and O–H groups in total. The minimum atomic E-state index is -0.629. The van der Waals surface area contributed by atoms with E-state index in [4.69, 9.17) is 13.9 Å². The first kappa shape index (κ1) is 21.3. The lowest BCUT2D eigenvalue weighted by Gasteiger charge is -2.12. The molecule has 2 heterocycles. The summed E-state index contributed by atoms with van der Waals surface area (Å²) in [6.07, 6.45) is 0. The van der Waals surface area contributed by atoms with E-state index in [0.29, 0.717) is 28.2 Å². The maximum Gasteiger partial charge on any atom is 0.291 e. The molecule has 2 amide bonds. The normalized spacial score (nSPS) is 11.9. The molecule has 8 nitrogen and oxygen atoms in total. The minimum absolute atomic E-state index is 0.142. The molecule has 0 bridgehead atoms. The average Bonchev–Trinajstić information content (AvgIpc) is 3.31. The average molecular weight is 456 g/mol. The van der Waals surface area contributed by atoms with Crippen LogP contribution in [0.4, 0.5) is 5.69 Å². The molecule has 0 unspecified atom stereocenters. The fourth-order valence-electron chi connectivity index (χ4n) is 3.68. The first-order chi connectivity index (χ1) is 16.5. The summed E-state index contributed by atoms with van der Waals surface area (Å²) >= 11 is 0. The van der Waals surface area contributed by atoms with Crippen molar-refractivity contribution in [2.45, 2.75) is 13.5 Å². The van der Waals surface area contributed by atoms with Crippen LogP contribution in [0, 0.1) is 6.92 Å². The molecular formula is C26H20N2O6. The third kappa shape index (κ3) is 4.21. The Hall–Kier alpha value is -4.59. The number of ether oxygens (including phenoxy) is 2. The van der Waals surface area contributed by atoms with Gasteiger partial charge in [-0.15, -0.1) is 0 Å². The van der Waals surface area contributed by atoms with Gasteiger partial charge in [0, 0.05) is 12.6 Å². The highest BCUT2D eigenvalue weighted by atomic mass is 16.7. The lowest BCUT2D eigenvalue weighted by atomic mass is 10.1. The molecule has 170 valence electrons. The van der Waals surface area contributed by atoms with E-state index in [1.165, 1.54) is 0 Å². The Morgan fingerprint density at radius 3 is 2.62 bits per heavy atom. The van der Waals surface area contributed by atoms with E-state index in [1.807, 2.05) is 13.0 Å². The molecule has 1 aromatic heterocycles. The molecule has 0 fully saturated rings. The maximum atomic E-state index is 12.9. The van der Waals surface area contributed by atoms with Crippen molar-refractivity contribution in [3.05, 3.63) is 99.4 Å². The molecule has 1 aliphatic heterocycles. The molecular weight excluding hydrogens is 436 g/mol. The Balaban J connectivity index is 1.33. The predicted molar refractivity (Wildman–Crippen MR) is 125 cm³/mol. The van der Waals surface area contributed by atoms with Crippen LogP contribution in [0.5, 0.6) is 11.5 Å². The molecule has 0 saturated heterocycles. The van der Waals surface area contributed by atoms with Gasteiger partial charge in [0.2, 0.25) is 6.79 Å². The first-order valence-electron chi connectivity index (χ1n) is 10.6. The number of amides is 2. The van der Waals surface area contributed by atoms with E-state index in [9.17, 15) is 14.4 Å². The SMILES string of the molecule is Cc1ccc2oc(C(=O)Nc3ccccc3C(=O)NCc3ccc4c(c3)OCO4)cc(=O)c2c1. The summed E-state index contributed by atoms with van der Waals surface area (Å²) in [6.45, 7) is 2.31. The zero-order valence-corrected chi connectivity index (χ0v) is 18.2. The summed E-state index contributed by atoms with van der Waals surface area (Å²) in [6, 6.07) is 18.4. The van der Waals surface area contributed by atoms with Gasteiger partial charge in [-0.1, -0.05) is 29.8 Å². The quantitative estimate of drug-likeness (QED) is 0.470. The minimum Gasteiger partial charge on any atom is -0.454 e. The number of aryl methyl sites for hydroxylation is 1. The lowest BCUT2D eigenvalue weighted by molar-refractivity contribution is 0.0951. The number of benzene rings is 3. The van der Waals surface area contributed by atoms with E-state index in [1.54, 1.807) is 54.6 Å². The predicted octanol–water partition coefficient (Wildman–Crippen LogP) is 4.01. The van der Waals surface area contributed by atoms with Gasteiger partial charge in [0.1, 0.15) is 5.58 Å². The molecule has 4 aromatic rings. The fourth-order valence-corrected chi connectivity index (χ4v) is 3.68. The van der Waals surface area contributed by atoms with Crippen molar-refractivity contribution in [1.29, 1.82) is 0 Å². The smallest absolute Gasteiger partial charge is 0.291 e. The van der Waals surface area contributed by atoms with E-state index in [0.717, 1.165) is 17.2 Å². The molecule has 3 aromatic carbocycles. The largest absolute Gasteiger partial charge is 0.454 e. The Bertz CT molecular complexity index is 1490. The number of fused-ring (bicyclic) bond motifs is 2. The summed E-state index contributed by atoms with van der Waals surface area (Å²) in [5.41, 5.74) is 2.32. The van der Waals surface area contributed by atoms with Gasteiger partial charge in [-0.05, 0) is 48.9 Å². The number of rotatable bonds is 5. The van der Waals surface area contributed by atoms with Crippen molar-refractivity contribution >= 4 is 28.5 Å². The number of hydrogen-bond acceptors (Lipinski definition) is 6. The summed E-state index contributed by atoms with van der Waals surface area (Å²) < 4.78 is 16.3. The fraction of sp³-hybridized carbons (Fsp3) is 0.115. The van der Waals surface area contributed by atoms with Gasteiger partial charge in [-0.2, -0.15) is 0 Å². The summed E-state index contributed by atoms with van der Waals surface area (Å²) in [5, 5.41) is 5.92. The standard InChI is InChI=1S/C26H20N2O6/c1-15-6-8-21-18(10-15)20(29)12-24(34-21)26(31)28-19-5-3-2-4-17(19)25(30)27-13-16-7-9-22-23(11-16)33-14-32-22/h2-12H,13-14H2,1H3,(H,27,30)(H,28,31). The second-order valence-corrected chi connectivity index (χ2v) is 7.84. The monoisotopic (exact) mass is 456 g/mol. The second kappa shape index (κ2) is 8.74. The summed E-state index contributed by atoms with van der Waals surface area (Å²) in [7, 11) is 0. The van der Waals surface area contributed by atoms with Gasteiger partial charge in [0.15, 0.2) is 22.7 Å². The van der Waals surface area contributed by atoms with Crippen LogP contribution in [0.2, 0.25) is 0 Å². The van der Waals surface area contributed by atoms with Crippen LogP contribution in [-0.4, -0.2) is 18.6 Å². The Morgan fingerprint density at radius 1 is 0.912 bits per heavy atom. The van der Waals surface area contributed by atoms with Crippen molar-refractivity contribution in [3.8, 4) is 11.5 Å². The van der Waals surface area contributed by atoms with Gasteiger partial charge >= 0.3 is 0 Å². The van der Waals surface area contributed by atoms with Crippen molar-refractivity contribution in [3.63, 3.8) is 0 Å². The number of nitrogens with one attached hydrogen (secondary N) is 2.